The van der Waals surface area contributed by atoms with E-state index in [4.69, 9.17) is 5.41 Å². The first-order valence-corrected chi connectivity index (χ1v) is 6.55. The number of hydrogen-bond donors (Lipinski definition) is 1. The van der Waals surface area contributed by atoms with Crippen LogP contribution in [0.25, 0.3) is 5.57 Å². The van der Waals surface area contributed by atoms with Crippen molar-refractivity contribution >= 4 is 11.3 Å². The van der Waals surface area contributed by atoms with E-state index in [0.29, 0.717) is 5.71 Å². The summed E-state index contributed by atoms with van der Waals surface area (Å²) in [5.74, 6) is 0. The van der Waals surface area contributed by atoms with E-state index < -0.39 is 0 Å². The van der Waals surface area contributed by atoms with Crippen molar-refractivity contribution < 1.29 is 0 Å². The molecule has 3 nitrogen and oxygen atoms in total. The van der Waals surface area contributed by atoms with Crippen LogP contribution in [0.15, 0.2) is 67.8 Å². The molecule has 2 aromatic rings. The lowest BCUT2D eigenvalue weighted by molar-refractivity contribution is 1.30. The van der Waals surface area contributed by atoms with Crippen LogP contribution in [0, 0.1) is 5.41 Å². The Kier molecular flexibility index (Phi) is 6.62. The van der Waals surface area contributed by atoms with Crippen molar-refractivity contribution in [2.45, 2.75) is 13.8 Å². The molecule has 0 saturated heterocycles. The zero-order valence-corrected chi connectivity index (χ0v) is 11.9. The Labute approximate surface area is 120 Å². The number of hydrogen-bond acceptors (Lipinski definition) is 3. The molecule has 0 unspecified atom stereocenters. The van der Waals surface area contributed by atoms with Crippen molar-refractivity contribution in [1.29, 1.82) is 5.41 Å². The molecule has 0 amide bonds. The lowest BCUT2D eigenvalue weighted by atomic mass is 10.0. The number of allylic oxidation sites excluding steroid dienone is 3. The van der Waals surface area contributed by atoms with Gasteiger partial charge < -0.3 is 5.41 Å². The van der Waals surface area contributed by atoms with Crippen LogP contribution in [0.1, 0.15) is 25.0 Å². The van der Waals surface area contributed by atoms with Gasteiger partial charge in [-0.3, -0.25) is 9.97 Å². The molecular formula is C17H19N3. The van der Waals surface area contributed by atoms with Crippen LogP contribution in [-0.4, -0.2) is 15.7 Å². The molecule has 0 aliphatic heterocycles. The highest BCUT2D eigenvalue weighted by molar-refractivity contribution is 6.10. The molecule has 0 aliphatic carbocycles. The molecule has 102 valence electrons. The summed E-state index contributed by atoms with van der Waals surface area (Å²) in [7, 11) is 0. The monoisotopic (exact) mass is 265 g/mol. The van der Waals surface area contributed by atoms with E-state index >= 15 is 0 Å². The van der Waals surface area contributed by atoms with Crippen LogP contribution < -0.4 is 0 Å². The minimum Gasteiger partial charge on any atom is -0.300 e. The molecule has 0 bridgehead atoms. The molecule has 1 N–H and O–H groups in total. The van der Waals surface area contributed by atoms with Gasteiger partial charge in [0.1, 0.15) is 0 Å². The molecule has 3 heteroatoms. The maximum Gasteiger partial charge on any atom is 0.0633 e. The Morgan fingerprint density at radius 1 is 1.05 bits per heavy atom. The summed E-state index contributed by atoms with van der Waals surface area (Å²) in [4.78, 5) is 8.07. The Hall–Kier alpha value is -2.55. The molecule has 20 heavy (non-hydrogen) atoms. The number of nitrogens with zero attached hydrogens (tertiary/aromatic N) is 2. The third-order valence-corrected chi connectivity index (χ3v) is 2.49. The van der Waals surface area contributed by atoms with E-state index in [1.807, 2.05) is 38.1 Å². The Bertz CT molecular complexity index is 572. The fourth-order valence-electron chi connectivity index (χ4n) is 1.55. The van der Waals surface area contributed by atoms with Gasteiger partial charge in [-0.05, 0) is 29.8 Å². The number of rotatable bonds is 4. The van der Waals surface area contributed by atoms with Gasteiger partial charge >= 0.3 is 0 Å². The number of nitrogens with one attached hydrogen (secondary N) is 1. The molecule has 0 atom stereocenters. The standard InChI is InChI=1S/C15H13N3.C2H6/c1-2-12(13-5-3-7-17-10-13)9-15(16)14-6-4-8-18-11-14;1-2/h2-11,16H,1H2;1-2H3/b12-9+,16-15?;. The predicted molar refractivity (Wildman–Crippen MR) is 84.8 cm³/mol. The molecule has 2 heterocycles. The highest BCUT2D eigenvalue weighted by Gasteiger charge is 2.01. The molecule has 0 saturated carbocycles. The van der Waals surface area contributed by atoms with Crippen LogP contribution in [-0.2, 0) is 0 Å². The van der Waals surface area contributed by atoms with Gasteiger partial charge in [0.2, 0.25) is 0 Å². The van der Waals surface area contributed by atoms with Gasteiger partial charge in [0.05, 0.1) is 5.71 Å². The van der Waals surface area contributed by atoms with Gasteiger partial charge in [0, 0.05) is 35.9 Å². The second kappa shape index (κ2) is 8.53. The predicted octanol–water partition coefficient (Wildman–Crippen LogP) is 4.14. The molecule has 0 fully saturated rings. The second-order valence-corrected chi connectivity index (χ2v) is 3.70. The Morgan fingerprint density at radius 3 is 2.05 bits per heavy atom. The minimum atomic E-state index is 0.404. The highest BCUT2D eigenvalue weighted by atomic mass is 14.6. The summed E-state index contributed by atoms with van der Waals surface area (Å²) in [5, 5.41) is 8.03. The Morgan fingerprint density at radius 2 is 1.60 bits per heavy atom. The zero-order chi connectivity index (χ0) is 14.8. The molecular weight excluding hydrogens is 246 g/mol. The normalized spacial score (nSPS) is 10.2. The lowest BCUT2D eigenvalue weighted by Crippen LogP contribution is -1.96. The lowest BCUT2D eigenvalue weighted by Gasteiger charge is -2.03. The summed E-state index contributed by atoms with van der Waals surface area (Å²) in [6, 6.07) is 7.47. The smallest absolute Gasteiger partial charge is 0.0633 e. The van der Waals surface area contributed by atoms with Crippen LogP contribution >= 0.6 is 0 Å². The van der Waals surface area contributed by atoms with Crippen LogP contribution in [0.4, 0.5) is 0 Å². The number of pyridine rings is 2. The van der Waals surface area contributed by atoms with Gasteiger partial charge in [-0.1, -0.05) is 32.6 Å². The summed E-state index contributed by atoms with van der Waals surface area (Å²) >= 11 is 0. The van der Waals surface area contributed by atoms with E-state index in [0.717, 1.165) is 16.7 Å². The van der Waals surface area contributed by atoms with Crippen molar-refractivity contribution in [3.8, 4) is 0 Å². The summed E-state index contributed by atoms with van der Waals surface area (Å²) in [6.07, 6.45) is 10.3. The van der Waals surface area contributed by atoms with E-state index in [1.54, 1.807) is 36.9 Å². The van der Waals surface area contributed by atoms with E-state index in [9.17, 15) is 0 Å². The van der Waals surface area contributed by atoms with Crippen LogP contribution in [0.2, 0.25) is 0 Å². The summed E-state index contributed by atoms with van der Waals surface area (Å²) < 4.78 is 0. The first-order valence-electron chi connectivity index (χ1n) is 6.55. The highest BCUT2D eigenvalue weighted by Crippen LogP contribution is 2.15. The Balaban J connectivity index is 0.000000956. The van der Waals surface area contributed by atoms with Crippen molar-refractivity contribution in [2.75, 3.05) is 0 Å². The third kappa shape index (κ3) is 4.28. The van der Waals surface area contributed by atoms with Gasteiger partial charge in [-0.25, -0.2) is 0 Å². The third-order valence-electron chi connectivity index (χ3n) is 2.49. The van der Waals surface area contributed by atoms with Crippen molar-refractivity contribution in [2.24, 2.45) is 0 Å². The maximum absolute atomic E-state index is 8.03. The first kappa shape index (κ1) is 15.5. The molecule has 2 aromatic heterocycles. The van der Waals surface area contributed by atoms with E-state index in [2.05, 4.69) is 16.5 Å². The average Bonchev–Trinajstić information content (AvgIpc) is 2.56. The zero-order valence-electron chi connectivity index (χ0n) is 11.9. The molecule has 0 aliphatic rings. The van der Waals surface area contributed by atoms with Crippen molar-refractivity contribution in [3.05, 3.63) is 78.9 Å². The quantitative estimate of drug-likeness (QED) is 0.667. The fraction of sp³-hybridized carbons (Fsp3) is 0.118. The molecule has 0 radical (unpaired) electrons. The van der Waals surface area contributed by atoms with Crippen molar-refractivity contribution in [1.82, 2.24) is 9.97 Å². The van der Waals surface area contributed by atoms with Crippen molar-refractivity contribution in [3.63, 3.8) is 0 Å². The van der Waals surface area contributed by atoms with E-state index in [1.165, 1.54) is 0 Å². The van der Waals surface area contributed by atoms with Crippen LogP contribution in [0.3, 0.4) is 0 Å². The van der Waals surface area contributed by atoms with Gasteiger partial charge in [0.25, 0.3) is 0 Å². The topological polar surface area (TPSA) is 49.6 Å². The minimum absolute atomic E-state index is 0.404. The second-order valence-electron chi connectivity index (χ2n) is 3.70. The van der Waals surface area contributed by atoms with Gasteiger partial charge in [-0.2, -0.15) is 0 Å². The van der Waals surface area contributed by atoms with Gasteiger partial charge in [-0.15, -0.1) is 0 Å². The largest absolute Gasteiger partial charge is 0.300 e. The number of aromatic nitrogens is 2. The maximum atomic E-state index is 8.03. The van der Waals surface area contributed by atoms with E-state index in [-0.39, 0.29) is 0 Å². The molecule has 0 aromatic carbocycles. The van der Waals surface area contributed by atoms with Crippen LogP contribution in [0.5, 0.6) is 0 Å². The fourth-order valence-corrected chi connectivity index (χ4v) is 1.55. The average molecular weight is 265 g/mol. The molecule has 0 spiro atoms. The summed E-state index contributed by atoms with van der Waals surface area (Å²) in [5.41, 5.74) is 3.00. The molecule has 2 rings (SSSR count). The SMILES string of the molecule is C=C/C(=C\C(=N)c1cccnc1)c1cccnc1.CC. The first-order chi connectivity index (χ1) is 9.81. The van der Waals surface area contributed by atoms with Gasteiger partial charge in [0.15, 0.2) is 0 Å². The summed E-state index contributed by atoms with van der Waals surface area (Å²) in [6.45, 7) is 7.78.